The van der Waals surface area contributed by atoms with Crippen LogP contribution in [-0.4, -0.2) is 84.9 Å². The topological polar surface area (TPSA) is 99.3 Å². The zero-order valence-corrected chi connectivity index (χ0v) is 25.8. The summed E-state index contributed by atoms with van der Waals surface area (Å²) in [6, 6.07) is 7.50. The lowest BCUT2D eigenvalue weighted by molar-refractivity contribution is -0.123. The molecule has 0 unspecified atom stereocenters. The molecule has 43 heavy (non-hydrogen) atoms. The molecule has 1 aliphatic carbocycles. The highest BCUT2D eigenvalue weighted by Gasteiger charge is 2.60. The van der Waals surface area contributed by atoms with Crippen molar-refractivity contribution in [3.8, 4) is 0 Å². The summed E-state index contributed by atoms with van der Waals surface area (Å²) < 4.78 is 64.2. The summed E-state index contributed by atoms with van der Waals surface area (Å²) in [6.07, 6.45) is 1.89. The minimum atomic E-state index is -4.34. The number of ether oxygens (including phenoxy) is 1. The maximum atomic E-state index is 14.3. The molecule has 9 nitrogen and oxygen atoms in total. The summed E-state index contributed by atoms with van der Waals surface area (Å²) in [5, 5.41) is 2.61. The van der Waals surface area contributed by atoms with Crippen LogP contribution in [0.3, 0.4) is 0 Å². The maximum Gasteiger partial charge on any atom is 0.410 e. The SMILES string of the molecule is CC(C)NC(=O)CN1CCN(C(=O)OC2([C@H]3CCC[C@@H](c4cccc(F)c4)N3S(=O)(=O)c3ccc(F)cc3Cl)CC2)CC1. The Hall–Kier alpha value is -2.80. The molecule has 0 spiro atoms. The average Bonchev–Trinajstić information content (AvgIpc) is 3.72. The third-order valence-electron chi connectivity index (χ3n) is 8.34. The molecule has 5 rings (SSSR count). The molecule has 2 atom stereocenters. The van der Waals surface area contributed by atoms with Crippen LogP contribution in [0, 0.1) is 11.6 Å². The van der Waals surface area contributed by atoms with Gasteiger partial charge in [0.25, 0.3) is 0 Å². The van der Waals surface area contributed by atoms with E-state index in [2.05, 4.69) is 5.32 Å². The van der Waals surface area contributed by atoms with Gasteiger partial charge in [-0.15, -0.1) is 0 Å². The first-order chi connectivity index (χ1) is 20.4. The van der Waals surface area contributed by atoms with Crippen LogP contribution in [0.15, 0.2) is 47.4 Å². The van der Waals surface area contributed by atoms with Gasteiger partial charge in [-0.25, -0.2) is 22.0 Å². The normalized spacial score (nSPS) is 22.8. The van der Waals surface area contributed by atoms with Crippen LogP contribution in [-0.2, 0) is 19.6 Å². The van der Waals surface area contributed by atoms with Crippen molar-refractivity contribution in [2.45, 2.75) is 74.6 Å². The van der Waals surface area contributed by atoms with Gasteiger partial charge in [-0.05, 0) is 81.8 Å². The van der Waals surface area contributed by atoms with Crippen molar-refractivity contribution < 1.29 is 31.5 Å². The van der Waals surface area contributed by atoms with Crippen molar-refractivity contribution in [3.05, 3.63) is 64.7 Å². The number of piperidine rings is 1. The predicted octanol–water partition coefficient (Wildman–Crippen LogP) is 4.71. The molecule has 2 saturated heterocycles. The van der Waals surface area contributed by atoms with Crippen LogP contribution in [0.5, 0.6) is 0 Å². The van der Waals surface area contributed by atoms with E-state index in [0.29, 0.717) is 63.8 Å². The van der Waals surface area contributed by atoms with E-state index < -0.39 is 45.4 Å². The Labute approximate surface area is 256 Å². The fourth-order valence-corrected chi connectivity index (χ4v) is 8.58. The third-order valence-corrected chi connectivity index (χ3v) is 10.7. The highest BCUT2D eigenvalue weighted by atomic mass is 35.5. The van der Waals surface area contributed by atoms with E-state index in [1.807, 2.05) is 18.7 Å². The number of nitrogens with zero attached hydrogens (tertiary/aromatic N) is 3. The van der Waals surface area contributed by atoms with Crippen LogP contribution in [0.1, 0.15) is 57.6 Å². The van der Waals surface area contributed by atoms with Gasteiger partial charge < -0.3 is 15.0 Å². The summed E-state index contributed by atoms with van der Waals surface area (Å²) >= 11 is 6.26. The van der Waals surface area contributed by atoms with Crippen molar-refractivity contribution in [1.82, 2.24) is 19.4 Å². The van der Waals surface area contributed by atoms with Gasteiger partial charge in [0.05, 0.1) is 23.7 Å². The van der Waals surface area contributed by atoms with Crippen molar-refractivity contribution >= 4 is 33.6 Å². The summed E-state index contributed by atoms with van der Waals surface area (Å²) in [7, 11) is -4.34. The smallest absolute Gasteiger partial charge is 0.410 e. The number of halogens is 3. The average molecular weight is 639 g/mol. The Morgan fingerprint density at radius 2 is 1.74 bits per heavy atom. The lowest BCUT2D eigenvalue weighted by Crippen LogP contribution is -2.56. The minimum absolute atomic E-state index is 0.0428. The molecule has 13 heteroatoms. The summed E-state index contributed by atoms with van der Waals surface area (Å²) in [4.78, 5) is 28.9. The molecule has 2 aliphatic heterocycles. The second-order valence-electron chi connectivity index (χ2n) is 11.8. The fourth-order valence-electron chi connectivity index (χ4n) is 6.16. The van der Waals surface area contributed by atoms with E-state index in [9.17, 15) is 26.8 Å². The van der Waals surface area contributed by atoms with E-state index in [-0.39, 0.29) is 28.4 Å². The molecule has 3 fully saturated rings. The van der Waals surface area contributed by atoms with Gasteiger partial charge in [-0.2, -0.15) is 4.31 Å². The standard InChI is InChI=1S/C30H37ClF2N4O5S/c1-20(2)34-28(38)19-35-13-15-36(16-14-35)29(39)42-30(11-12-30)27-8-4-7-25(21-5-3-6-22(32)17-21)37(27)43(40,41)26-10-9-23(33)18-24(26)31/h3,5-6,9-10,17-18,20,25,27H,4,7-8,11-16,19H2,1-2H3,(H,34,38)/t25-,27+/m0/s1. The van der Waals surface area contributed by atoms with E-state index in [1.165, 1.54) is 22.5 Å². The molecule has 2 aromatic rings. The number of nitrogens with one attached hydrogen (secondary N) is 1. The first-order valence-electron chi connectivity index (χ1n) is 14.6. The highest BCUT2D eigenvalue weighted by Crippen LogP contribution is 2.53. The Morgan fingerprint density at radius 1 is 1.05 bits per heavy atom. The lowest BCUT2D eigenvalue weighted by atomic mass is 9.90. The molecule has 1 saturated carbocycles. The number of carbonyl (C=O) groups is 2. The van der Waals surface area contributed by atoms with E-state index in [4.69, 9.17) is 16.3 Å². The molecule has 2 aromatic carbocycles. The number of piperazine rings is 1. The van der Waals surface area contributed by atoms with Crippen LogP contribution >= 0.6 is 11.6 Å². The van der Waals surface area contributed by atoms with E-state index >= 15 is 0 Å². The van der Waals surface area contributed by atoms with Crippen molar-refractivity contribution in [2.75, 3.05) is 32.7 Å². The first-order valence-corrected chi connectivity index (χ1v) is 16.4. The molecule has 234 valence electrons. The molecule has 0 radical (unpaired) electrons. The lowest BCUT2D eigenvalue weighted by Gasteiger charge is -2.45. The maximum absolute atomic E-state index is 14.3. The van der Waals surface area contributed by atoms with Crippen LogP contribution in [0.25, 0.3) is 0 Å². The minimum Gasteiger partial charge on any atom is -0.441 e. The highest BCUT2D eigenvalue weighted by molar-refractivity contribution is 7.89. The summed E-state index contributed by atoms with van der Waals surface area (Å²) in [5.41, 5.74) is -0.581. The van der Waals surface area contributed by atoms with Gasteiger partial charge in [-0.3, -0.25) is 9.69 Å². The Morgan fingerprint density at radius 3 is 2.37 bits per heavy atom. The van der Waals surface area contributed by atoms with Gasteiger partial charge >= 0.3 is 6.09 Å². The molecule has 3 aliphatic rings. The van der Waals surface area contributed by atoms with Crippen molar-refractivity contribution in [3.63, 3.8) is 0 Å². The Bertz CT molecular complexity index is 1460. The summed E-state index contributed by atoms with van der Waals surface area (Å²) in [6.45, 7) is 5.78. The number of rotatable bonds is 8. The number of amides is 2. The fraction of sp³-hybridized carbons (Fsp3) is 0.533. The molecular weight excluding hydrogens is 602 g/mol. The summed E-state index contributed by atoms with van der Waals surface area (Å²) in [5.74, 6) is -1.24. The Kier molecular flexibility index (Phi) is 9.31. The number of benzene rings is 2. The molecule has 2 heterocycles. The number of hydrogen-bond acceptors (Lipinski definition) is 6. The monoisotopic (exact) mass is 638 g/mol. The predicted molar refractivity (Wildman–Crippen MR) is 157 cm³/mol. The third kappa shape index (κ3) is 6.97. The van der Waals surface area contributed by atoms with Crippen LogP contribution in [0.4, 0.5) is 13.6 Å². The molecule has 2 amide bonds. The second kappa shape index (κ2) is 12.7. The van der Waals surface area contributed by atoms with Gasteiger partial charge in [0.2, 0.25) is 15.9 Å². The van der Waals surface area contributed by atoms with Gasteiger partial charge in [-0.1, -0.05) is 23.7 Å². The number of hydrogen-bond donors (Lipinski definition) is 1. The molecule has 1 N–H and O–H groups in total. The van der Waals surface area contributed by atoms with Gasteiger partial charge in [0, 0.05) is 32.2 Å². The van der Waals surface area contributed by atoms with Crippen molar-refractivity contribution in [2.24, 2.45) is 0 Å². The van der Waals surface area contributed by atoms with Crippen LogP contribution in [0.2, 0.25) is 5.02 Å². The van der Waals surface area contributed by atoms with E-state index in [1.54, 1.807) is 11.0 Å². The zero-order chi connectivity index (χ0) is 30.9. The van der Waals surface area contributed by atoms with Gasteiger partial charge in [0.15, 0.2) is 0 Å². The number of carbonyl (C=O) groups excluding carboxylic acids is 2. The van der Waals surface area contributed by atoms with Gasteiger partial charge in [0.1, 0.15) is 22.1 Å². The molecular formula is C30H37ClF2N4O5S. The molecule has 0 aromatic heterocycles. The zero-order valence-electron chi connectivity index (χ0n) is 24.3. The first kappa shape index (κ1) is 31.6. The second-order valence-corrected chi connectivity index (χ2v) is 14.1. The quantitative estimate of drug-likeness (QED) is 0.450. The number of sulfonamides is 1. The van der Waals surface area contributed by atoms with Crippen LogP contribution < -0.4 is 5.32 Å². The largest absolute Gasteiger partial charge is 0.441 e. The van der Waals surface area contributed by atoms with Crippen molar-refractivity contribution in [1.29, 1.82) is 0 Å². The Balaban J connectivity index is 1.38. The van der Waals surface area contributed by atoms with E-state index in [0.717, 1.165) is 18.2 Å². The molecule has 0 bridgehead atoms.